The van der Waals surface area contributed by atoms with Crippen LogP contribution in [-0.4, -0.2) is 38.7 Å². The van der Waals surface area contributed by atoms with Crippen LogP contribution in [0.25, 0.3) is 0 Å². The number of methoxy groups -OCH3 is 2. The van der Waals surface area contributed by atoms with Crippen LogP contribution in [0.1, 0.15) is 17.4 Å². The number of para-hydroxylation sites is 2. The van der Waals surface area contributed by atoms with Crippen LogP contribution in [0, 0.1) is 0 Å². The highest BCUT2D eigenvalue weighted by molar-refractivity contribution is 7.13. The smallest absolute Gasteiger partial charge is 0.274 e. The number of rotatable bonds is 7. The Balaban J connectivity index is 1.40. The second kappa shape index (κ2) is 8.62. The summed E-state index contributed by atoms with van der Waals surface area (Å²) in [4.78, 5) is 18.9. The molecule has 1 atom stereocenters. The zero-order valence-corrected chi connectivity index (χ0v) is 17.9. The van der Waals surface area contributed by atoms with Gasteiger partial charge in [0, 0.05) is 19.0 Å². The normalized spacial score (nSPS) is 15.4. The Morgan fingerprint density at radius 1 is 1.17 bits per heavy atom. The molecular weight excluding hydrogens is 402 g/mol. The number of benzene rings is 2. The molecule has 1 amide bonds. The predicted molar refractivity (Wildman–Crippen MR) is 117 cm³/mol. The monoisotopic (exact) mass is 425 g/mol. The van der Waals surface area contributed by atoms with E-state index in [0.717, 1.165) is 22.8 Å². The van der Waals surface area contributed by atoms with Crippen LogP contribution in [0.15, 0.2) is 47.8 Å². The number of nitrogens with one attached hydrogen (secondary N) is 1. The number of carbonyl (C=O) groups is 1. The Kier molecular flexibility index (Phi) is 5.76. The minimum absolute atomic E-state index is 0.129. The number of aromatic nitrogens is 1. The quantitative estimate of drug-likeness (QED) is 0.619. The van der Waals surface area contributed by atoms with E-state index in [1.807, 2.05) is 47.8 Å². The van der Waals surface area contributed by atoms with Gasteiger partial charge in [0.25, 0.3) is 5.91 Å². The first kappa shape index (κ1) is 20.0. The van der Waals surface area contributed by atoms with Gasteiger partial charge in [0.15, 0.2) is 16.6 Å². The zero-order valence-electron chi connectivity index (χ0n) is 17.0. The van der Waals surface area contributed by atoms with Gasteiger partial charge in [0.1, 0.15) is 11.4 Å². The molecular formula is C22H23N3O4S. The van der Waals surface area contributed by atoms with Gasteiger partial charge >= 0.3 is 0 Å². The number of anilines is 2. The molecule has 8 heteroatoms. The molecule has 3 aromatic rings. The van der Waals surface area contributed by atoms with E-state index in [2.05, 4.69) is 10.3 Å². The first-order valence-electron chi connectivity index (χ1n) is 9.54. The first-order valence-corrected chi connectivity index (χ1v) is 10.4. The predicted octanol–water partition coefficient (Wildman–Crippen LogP) is 3.91. The van der Waals surface area contributed by atoms with Crippen molar-refractivity contribution < 1.29 is 19.0 Å². The maximum absolute atomic E-state index is 12.7. The minimum Gasteiger partial charge on any atom is -0.493 e. The third kappa shape index (κ3) is 3.91. The molecule has 1 aliphatic rings. The molecule has 0 radical (unpaired) electrons. The Bertz CT molecular complexity index is 1050. The summed E-state index contributed by atoms with van der Waals surface area (Å²) in [5.41, 5.74) is 2.50. The number of hydrogen-bond donors (Lipinski definition) is 1. The van der Waals surface area contributed by atoms with Crippen LogP contribution in [0.4, 0.5) is 10.8 Å². The molecule has 2 heterocycles. The van der Waals surface area contributed by atoms with Crippen molar-refractivity contribution in [3.8, 4) is 17.2 Å². The summed E-state index contributed by atoms with van der Waals surface area (Å²) < 4.78 is 16.6. The number of nitrogens with zero attached hydrogens (tertiary/aromatic N) is 2. The highest BCUT2D eigenvalue weighted by atomic mass is 32.1. The third-order valence-corrected chi connectivity index (χ3v) is 5.77. The van der Waals surface area contributed by atoms with E-state index >= 15 is 0 Å². The van der Waals surface area contributed by atoms with E-state index < -0.39 is 6.10 Å². The molecule has 30 heavy (non-hydrogen) atoms. The molecule has 0 saturated carbocycles. The topological polar surface area (TPSA) is 72.9 Å². The molecule has 0 bridgehead atoms. The number of fused-ring (bicyclic) bond motifs is 1. The van der Waals surface area contributed by atoms with Gasteiger partial charge in [-0.3, -0.25) is 4.79 Å². The SMILES string of the molecule is COc1ccc(CCNc2nc(C3Oc4ccccc4N(C)C3=O)cs2)cc1OC. The average Bonchev–Trinajstić information content (AvgIpc) is 3.24. The number of thiazole rings is 1. The molecule has 4 rings (SSSR count). The van der Waals surface area contributed by atoms with Gasteiger partial charge in [-0.2, -0.15) is 0 Å². The number of amides is 1. The Labute approximate surface area is 179 Å². The first-order chi connectivity index (χ1) is 14.6. The average molecular weight is 426 g/mol. The van der Waals surface area contributed by atoms with Crippen molar-refractivity contribution in [3.63, 3.8) is 0 Å². The molecule has 0 fully saturated rings. The van der Waals surface area contributed by atoms with Gasteiger partial charge in [-0.15, -0.1) is 11.3 Å². The Hall–Kier alpha value is -3.26. The molecule has 1 unspecified atom stereocenters. The summed E-state index contributed by atoms with van der Waals surface area (Å²) in [5, 5.41) is 5.94. The molecule has 0 aliphatic carbocycles. The van der Waals surface area contributed by atoms with Gasteiger partial charge in [-0.25, -0.2) is 4.98 Å². The summed E-state index contributed by atoms with van der Waals surface area (Å²) in [6.07, 6.45) is 0.0621. The Morgan fingerprint density at radius 2 is 1.97 bits per heavy atom. The van der Waals surface area contributed by atoms with Crippen molar-refractivity contribution in [2.45, 2.75) is 12.5 Å². The van der Waals surface area contributed by atoms with E-state index in [9.17, 15) is 4.79 Å². The lowest BCUT2D eigenvalue weighted by atomic mass is 10.1. The van der Waals surface area contributed by atoms with Crippen LogP contribution < -0.4 is 24.4 Å². The molecule has 0 spiro atoms. The fraction of sp³-hybridized carbons (Fsp3) is 0.273. The second-order valence-corrected chi connectivity index (χ2v) is 7.66. The van der Waals surface area contributed by atoms with Crippen molar-refractivity contribution >= 4 is 28.1 Å². The summed E-state index contributed by atoms with van der Waals surface area (Å²) in [5.74, 6) is 1.97. The van der Waals surface area contributed by atoms with Gasteiger partial charge in [-0.1, -0.05) is 18.2 Å². The van der Waals surface area contributed by atoms with Crippen LogP contribution in [0.3, 0.4) is 0 Å². The Morgan fingerprint density at radius 3 is 2.77 bits per heavy atom. The maximum atomic E-state index is 12.7. The fourth-order valence-corrected chi connectivity index (χ4v) is 4.08. The van der Waals surface area contributed by atoms with E-state index in [1.54, 1.807) is 26.2 Å². The number of ether oxygens (including phenoxy) is 3. The highest BCUT2D eigenvalue weighted by Crippen LogP contribution is 2.38. The van der Waals surface area contributed by atoms with Crippen molar-refractivity contribution in [2.24, 2.45) is 0 Å². The molecule has 1 aliphatic heterocycles. The lowest BCUT2D eigenvalue weighted by molar-refractivity contribution is -0.126. The lowest BCUT2D eigenvalue weighted by Crippen LogP contribution is -2.38. The van der Waals surface area contributed by atoms with E-state index in [1.165, 1.54) is 11.3 Å². The molecule has 7 nitrogen and oxygen atoms in total. The molecule has 1 aromatic heterocycles. The van der Waals surface area contributed by atoms with Gasteiger partial charge in [0.2, 0.25) is 6.10 Å². The molecule has 2 aromatic carbocycles. The fourth-order valence-electron chi connectivity index (χ4n) is 3.33. The van der Waals surface area contributed by atoms with Crippen molar-refractivity contribution in [3.05, 3.63) is 59.1 Å². The van der Waals surface area contributed by atoms with Crippen molar-refractivity contribution in [1.29, 1.82) is 0 Å². The number of likely N-dealkylation sites (N-methyl/N-ethyl adjacent to an activating group) is 1. The highest BCUT2D eigenvalue weighted by Gasteiger charge is 2.34. The zero-order chi connectivity index (χ0) is 21.1. The molecule has 0 saturated heterocycles. The molecule has 1 N–H and O–H groups in total. The second-order valence-electron chi connectivity index (χ2n) is 6.81. The summed E-state index contributed by atoms with van der Waals surface area (Å²) >= 11 is 1.46. The van der Waals surface area contributed by atoms with Crippen LogP contribution in [-0.2, 0) is 11.2 Å². The van der Waals surface area contributed by atoms with Crippen LogP contribution >= 0.6 is 11.3 Å². The number of carbonyl (C=O) groups excluding carboxylic acids is 1. The van der Waals surface area contributed by atoms with Crippen molar-refractivity contribution in [1.82, 2.24) is 4.98 Å². The van der Waals surface area contributed by atoms with Gasteiger partial charge in [-0.05, 0) is 36.2 Å². The summed E-state index contributed by atoms with van der Waals surface area (Å²) in [6.45, 7) is 0.699. The summed E-state index contributed by atoms with van der Waals surface area (Å²) in [6, 6.07) is 13.4. The maximum Gasteiger partial charge on any atom is 0.274 e. The van der Waals surface area contributed by atoms with E-state index in [4.69, 9.17) is 14.2 Å². The van der Waals surface area contributed by atoms with Crippen molar-refractivity contribution in [2.75, 3.05) is 38.0 Å². The van der Waals surface area contributed by atoms with E-state index in [-0.39, 0.29) is 5.91 Å². The molecule has 156 valence electrons. The van der Waals surface area contributed by atoms with E-state index in [0.29, 0.717) is 29.5 Å². The summed E-state index contributed by atoms with van der Waals surface area (Å²) in [7, 11) is 5.00. The minimum atomic E-state index is -0.734. The largest absolute Gasteiger partial charge is 0.493 e. The standard InChI is InChI=1S/C22H23N3O4S/c1-25-16-6-4-5-7-17(16)29-20(21(25)26)15-13-30-22(24-15)23-11-10-14-8-9-18(27-2)19(12-14)28-3/h4-9,12-13,20H,10-11H2,1-3H3,(H,23,24). The van der Waals surface area contributed by atoms with Crippen LogP contribution in [0.2, 0.25) is 0 Å². The number of hydrogen-bond acceptors (Lipinski definition) is 7. The lowest BCUT2D eigenvalue weighted by Gasteiger charge is -2.31. The van der Waals surface area contributed by atoms with Gasteiger partial charge in [0.05, 0.1) is 19.9 Å². The van der Waals surface area contributed by atoms with Gasteiger partial charge < -0.3 is 24.4 Å². The third-order valence-electron chi connectivity index (χ3n) is 4.95. The van der Waals surface area contributed by atoms with Crippen LogP contribution in [0.5, 0.6) is 17.2 Å².